The number of benzene rings is 2. The van der Waals surface area contributed by atoms with Gasteiger partial charge in [0, 0.05) is 20.6 Å². The molecule has 6 heteroatoms. The van der Waals surface area contributed by atoms with E-state index >= 15 is 0 Å². The first-order chi connectivity index (χ1) is 13.2. The molecule has 0 radical (unpaired) electrons. The molecule has 3 aromatic rings. The molecule has 2 N–H and O–H groups in total. The number of guanidine groups is 1. The van der Waals surface area contributed by atoms with Gasteiger partial charge in [0.15, 0.2) is 5.96 Å². The Kier molecular flexibility index (Phi) is 5.85. The maximum atomic E-state index is 8.87. The predicted octanol–water partition coefficient (Wildman–Crippen LogP) is 3.16. The van der Waals surface area contributed by atoms with E-state index in [4.69, 9.17) is 5.26 Å². The first-order valence-electron chi connectivity index (χ1n) is 8.69. The van der Waals surface area contributed by atoms with Crippen molar-refractivity contribution in [1.29, 1.82) is 5.26 Å². The van der Waals surface area contributed by atoms with Gasteiger partial charge in [0.25, 0.3) is 0 Å². The summed E-state index contributed by atoms with van der Waals surface area (Å²) in [5, 5.41) is 12.2. The van der Waals surface area contributed by atoms with E-state index < -0.39 is 0 Å². The maximum Gasteiger partial charge on any atom is 0.194 e. The largest absolute Gasteiger partial charge is 0.352 e. The van der Waals surface area contributed by atoms with Crippen molar-refractivity contribution in [3.63, 3.8) is 0 Å². The molecule has 0 spiro atoms. The normalized spacial score (nSPS) is 11.1. The van der Waals surface area contributed by atoms with Crippen LogP contribution in [0.4, 0.5) is 0 Å². The van der Waals surface area contributed by atoms with Gasteiger partial charge in [-0.1, -0.05) is 42.5 Å². The van der Waals surface area contributed by atoms with E-state index in [1.807, 2.05) is 60.6 Å². The fourth-order valence-electron chi connectivity index (χ4n) is 2.77. The molecular formula is C21H22N6. The molecule has 1 heterocycles. The summed E-state index contributed by atoms with van der Waals surface area (Å²) in [6, 6.07) is 19.8. The van der Waals surface area contributed by atoms with Gasteiger partial charge in [-0.3, -0.25) is 4.99 Å². The minimum atomic E-state index is 0.611. The van der Waals surface area contributed by atoms with Crippen LogP contribution < -0.4 is 5.32 Å². The average Bonchev–Trinajstić information content (AvgIpc) is 3.18. The molecule has 2 aromatic carbocycles. The lowest BCUT2D eigenvalue weighted by Gasteiger charge is -2.21. The summed E-state index contributed by atoms with van der Waals surface area (Å²) in [6.45, 7) is 1.25. The molecule has 3 rings (SSSR count). The summed E-state index contributed by atoms with van der Waals surface area (Å²) >= 11 is 0. The minimum Gasteiger partial charge on any atom is -0.352 e. The van der Waals surface area contributed by atoms with Crippen LogP contribution in [0.15, 0.2) is 65.8 Å². The lowest BCUT2D eigenvalue weighted by atomic mass is 10.1. The molecule has 0 saturated carbocycles. The summed E-state index contributed by atoms with van der Waals surface area (Å²) in [5.74, 6) is 1.65. The highest BCUT2D eigenvalue weighted by Crippen LogP contribution is 2.16. The highest BCUT2D eigenvalue weighted by molar-refractivity contribution is 5.79. The minimum absolute atomic E-state index is 0.611. The maximum absolute atomic E-state index is 8.87. The fraction of sp³-hybridized carbons (Fsp3) is 0.190. The number of H-pyrrole nitrogens is 1. The second-order valence-corrected chi connectivity index (χ2v) is 6.18. The van der Waals surface area contributed by atoms with Gasteiger partial charge in [-0.25, -0.2) is 4.98 Å². The van der Waals surface area contributed by atoms with Crippen molar-refractivity contribution in [2.75, 3.05) is 14.1 Å². The van der Waals surface area contributed by atoms with E-state index in [0.29, 0.717) is 18.7 Å². The Morgan fingerprint density at radius 3 is 2.59 bits per heavy atom. The second kappa shape index (κ2) is 8.68. The quantitative estimate of drug-likeness (QED) is 0.542. The van der Waals surface area contributed by atoms with Crippen LogP contribution in [0.25, 0.3) is 11.3 Å². The molecule has 1 aromatic heterocycles. The monoisotopic (exact) mass is 358 g/mol. The number of aromatic amines is 1. The van der Waals surface area contributed by atoms with Crippen molar-refractivity contribution in [2.45, 2.75) is 13.1 Å². The highest BCUT2D eigenvalue weighted by Gasteiger charge is 2.10. The van der Waals surface area contributed by atoms with Gasteiger partial charge in [0.2, 0.25) is 0 Å². The van der Waals surface area contributed by atoms with Gasteiger partial charge in [0.05, 0.1) is 30.1 Å². The van der Waals surface area contributed by atoms with Gasteiger partial charge < -0.3 is 15.2 Å². The number of nitrogens with zero attached hydrogens (tertiary/aromatic N) is 4. The van der Waals surface area contributed by atoms with E-state index in [2.05, 4.69) is 38.5 Å². The van der Waals surface area contributed by atoms with Gasteiger partial charge in [-0.05, 0) is 23.3 Å². The number of aliphatic imine (C=N–C) groups is 1. The molecular weight excluding hydrogens is 336 g/mol. The number of nitrogens with one attached hydrogen (secondary N) is 2. The SMILES string of the molecule is CN=C(NCc1ccc(C#N)cc1)N(C)Cc1ncc(-c2ccccc2)[nH]1. The Bertz CT molecular complexity index is 935. The van der Waals surface area contributed by atoms with Crippen LogP contribution in [-0.2, 0) is 13.1 Å². The molecule has 0 saturated heterocycles. The van der Waals surface area contributed by atoms with E-state index in [-0.39, 0.29) is 0 Å². The van der Waals surface area contributed by atoms with Crippen molar-refractivity contribution in [3.8, 4) is 17.3 Å². The number of hydrogen-bond acceptors (Lipinski definition) is 3. The summed E-state index contributed by atoms with van der Waals surface area (Å²) in [6.07, 6.45) is 1.85. The van der Waals surface area contributed by atoms with Crippen LogP contribution in [0.3, 0.4) is 0 Å². The summed E-state index contributed by atoms with van der Waals surface area (Å²) in [7, 11) is 3.73. The zero-order valence-electron chi connectivity index (χ0n) is 15.5. The average molecular weight is 358 g/mol. The third kappa shape index (κ3) is 4.73. The van der Waals surface area contributed by atoms with E-state index in [1.54, 1.807) is 7.05 Å². The second-order valence-electron chi connectivity index (χ2n) is 6.18. The third-order valence-corrected chi connectivity index (χ3v) is 4.21. The van der Waals surface area contributed by atoms with E-state index in [0.717, 1.165) is 28.6 Å². The van der Waals surface area contributed by atoms with Crippen LogP contribution in [-0.4, -0.2) is 34.9 Å². The molecule has 0 aliphatic rings. The van der Waals surface area contributed by atoms with Crippen LogP contribution in [0.1, 0.15) is 17.0 Å². The van der Waals surface area contributed by atoms with Gasteiger partial charge >= 0.3 is 0 Å². The Morgan fingerprint density at radius 1 is 1.19 bits per heavy atom. The Labute approximate surface area is 159 Å². The zero-order chi connectivity index (χ0) is 19.1. The first-order valence-corrected chi connectivity index (χ1v) is 8.69. The zero-order valence-corrected chi connectivity index (χ0v) is 15.5. The third-order valence-electron chi connectivity index (χ3n) is 4.21. The lowest BCUT2D eigenvalue weighted by Crippen LogP contribution is -2.38. The molecule has 0 atom stereocenters. The number of imidazole rings is 1. The Hall–Kier alpha value is -3.59. The van der Waals surface area contributed by atoms with Crippen LogP contribution in [0, 0.1) is 11.3 Å². The molecule has 27 heavy (non-hydrogen) atoms. The summed E-state index contributed by atoms with van der Waals surface area (Å²) < 4.78 is 0. The number of hydrogen-bond donors (Lipinski definition) is 2. The lowest BCUT2D eigenvalue weighted by molar-refractivity contribution is 0.464. The molecule has 6 nitrogen and oxygen atoms in total. The topological polar surface area (TPSA) is 80.1 Å². The number of rotatable bonds is 5. The number of nitriles is 1. The highest BCUT2D eigenvalue weighted by atomic mass is 15.3. The molecule has 0 bridgehead atoms. The molecule has 0 fully saturated rings. The van der Waals surface area contributed by atoms with Gasteiger partial charge in [-0.2, -0.15) is 5.26 Å². The molecule has 136 valence electrons. The molecule has 0 aliphatic carbocycles. The van der Waals surface area contributed by atoms with E-state index in [1.165, 1.54) is 0 Å². The van der Waals surface area contributed by atoms with Crippen molar-refractivity contribution < 1.29 is 0 Å². The first kappa shape index (κ1) is 18.2. The standard InChI is InChI=1S/C21H22N6/c1-23-21(25-13-17-10-8-16(12-22)9-11-17)27(2)15-20-24-14-19(26-20)18-6-4-3-5-7-18/h3-11,14H,13,15H2,1-2H3,(H,23,25)(H,24,26). The fourth-order valence-corrected chi connectivity index (χ4v) is 2.77. The molecule has 0 amide bonds. The van der Waals surface area contributed by atoms with Crippen molar-refractivity contribution in [3.05, 3.63) is 77.7 Å². The van der Waals surface area contributed by atoms with Crippen molar-refractivity contribution in [1.82, 2.24) is 20.2 Å². The predicted molar refractivity (Wildman–Crippen MR) is 107 cm³/mol. The van der Waals surface area contributed by atoms with Crippen molar-refractivity contribution >= 4 is 5.96 Å². The van der Waals surface area contributed by atoms with Crippen LogP contribution >= 0.6 is 0 Å². The van der Waals surface area contributed by atoms with Crippen LogP contribution in [0.5, 0.6) is 0 Å². The van der Waals surface area contributed by atoms with Crippen LogP contribution in [0.2, 0.25) is 0 Å². The van der Waals surface area contributed by atoms with E-state index in [9.17, 15) is 0 Å². The molecule has 0 unspecified atom stereocenters. The number of aromatic nitrogens is 2. The van der Waals surface area contributed by atoms with Gasteiger partial charge in [-0.15, -0.1) is 0 Å². The molecule has 0 aliphatic heterocycles. The van der Waals surface area contributed by atoms with Crippen molar-refractivity contribution in [2.24, 2.45) is 4.99 Å². The smallest absolute Gasteiger partial charge is 0.194 e. The summed E-state index contributed by atoms with van der Waals surface area (Å²) in [5.41, 5.74) is 3.86. The summed E-state index contributed by atoms with van der Waals surface area (Å²) in [4.78, 5) is 14.2. The Morgan fingerprint density at radius 2 is 1.93 bits per heavy atom. The Balaban J connectivity index is 1.59. The van der Waals surface area contributed by atoms with Gasteiger partial charge in [0.1, 0.15) is 5.82 Å².